The van der Waals surface area contributed by atoms with Gasteiger partial charge in [-0.2, -0.15) is 0 Å². The van der Waals surface area contributed by atoms with Crippen molar-refractivity contribution < 1.29 is 9.25 Å². The highest BCUT2D eigenvalue weighted by Gasteiger charge is 2.16. The predicted octanol–water partition coefficient (Wildman–Crippen LogP) is 3.19. The van der Waals surface area contributed by atoms with Crippen molar-refractivity contribution >= 4 is 17.3 Å². The number of nitrogens with zero attached hydrogens (tertiary/aromatic N) is 7. The molecule has 0 radical (unpaired) electrons. The van der Waals surface area contributed by atoms with Crippen LogP contribution in [0.25, 0.3) is 11.5 Å². The van der Waals surface area contributed by atoms with Crippen LogP contribution in [0.3, 0.4) is 0 Å². The van der Waals surface area contributed by atoms with Crippen LogP contribution in [0.2, 0.25) is 5.02 Å². The van der Waals surface area contributed by atoms with E-state index in [-0.39, 0.29) is 12.5 Å². The van der Waals surface area contributed by atoms with Crippen molar-refractivity contribution in [2.24, 2.45) is 12.2 Å². The van der Waals surface area contributed by atoms with Gasteiger partial charge in [0.2, 0.25) is 11.7 Å². The molecular weight excluding hydrogens is 394 g/mol. The number of hydrogen-bond acceptors (Lipinski definition) is 8. The molecule has 4 aromatic rings. The number of tetrazole rings is 1. The summed E-state index contributed by atoms with van der Waals surface area (Å²) in [7, 11) is 1.73. The fourth-order valence-corrected chi connectivity index (χ4v) is 2.84. The maximum Gasteiger partial charge on any atom is 0.257 e. The zero-order chi connectivity index (χ0) is 20.2. The second-order valence-corrected chi connectivity index (χ2v) is 6.53. The minimum Gasteiger partial charge on any atom is -0.417 e. The van der Waals surface area contributed by atoms with Gasteiger partial charge in [0.1, 0.15) is 0 Å². The number of hydrogen-bond donors (Lipinski definition) is 0. The fraction of sp³-hybridized carbons (Fsp3) is 0.158. The van der Waals surface area contributed by atoms with E-state index in [1.807, 2.05) is 55.5 Å². The Balaban J connectivity index is 1.55. The van der Waals surface area contributed by atoms with Gasteiger partial charge in [0, 0.05) is 23.2 Å². The van der Waals surface area contributed by atoms with Crippen LogP contribution in [0.4, 0.5) is 0 Å². The highest BCUT2D eigenvalue weighted by atomic mass is 35.5. The van der Waals surface area contributed by atoms with Gasteiger partial charge in [-0.05, 0) is 35.0 Å². The zero-order valence-electron chi connectivity index (χ0n) is 15.7. The predicted molar refractivity (Wildman–Crippen MR) is 105 cm³/mol. The zero-order valence-corrected chi connectivity index (χ0v) is 16.4. The Morgan fingerprint density at radius 1 is 1.10 bits per heavy atom. The van der Waals surface area contributed by atoms with Gasteiger partial charge in [-0.15, -0.1) is 15.3 Å². The molecule has 146 valence electrons. The molecule has 2 aromatic carbocycles. The maximum absolute atomic E-state index is 6.16. The molecule has 0 amide bonds. The fourth-order valence-electron chi connectivity index (χ4n) is 2.66. The Morgan fingerprint density at radius 3 is 2.69 bits per heavy atom. The van der Waals surface area contributed by atoms with E-state index < -0.39 is 0 Å². The molecule has 10 heteroatoms. The van der Waals surface area contributed by atoms with E-state index >= 15 is 0 Å². The van der Waals surface area contributed by atoms with E-state index in [2.05, 4.69) is 30.9 Å². The highest BCUT2D eigenvalue weighted by molar-refractivity contribution is 6.31. The van der Waals surface area contributed by atoms with Crippen LogP contribution in [0.1, 0.15) is 22.8 Å². The van der Waals surface area contributed by atoms with E-state index in [9.17, 15) is 0 Å². The average Bonchev–Trinajstić information content (AvgIpc) is 3.37. The van der Waals surface area contributed by atoms with Crippen LogP contribution in [0, 0.1) is 6.92 Å². The van der Waals surface area contributed by atoms with Gasteiger partial charge in [-0.1, -0.05) is 53.2 Å². The molecule has 0 aliphatic heterocycles. The van der Waals surface area contributed by atoms with Crippen molar-refractivity contribution in [1.82, 2.24) is 30.4 Å². The Kier molecular flexibility index (Phi) is 5.30. The molecule has 0 unspecified atom stereocenters. The Bertz CT molecular complexity index is 1150. The SMILES string of the molecule is Cc1c(Cl)cccc1-c1nnc(CO/N=C(/c2ccccc2)c2nnnn2C)o1. The van der Waals surface area contributed by atoms with Crippen molar-refractivity contribution in [1.29, 1.82) is 0 Å². The van der Waals surface area contributed by atoms with Crippen LogP contribution in [-0.4, -0.2) is 36.1 Å². The molecule has 2 aromatic heterocycles. The van der Waals surface area contributed by atoms with Crippen LogP contribution < -0.4 is 0 Å². The summed E-state index contributed by atoms with van der Waals surface area (Å²) in [6, 6.07) is 15.0. The molecule has 0 saturated heterocycles. The number of rotatable bonds is 6. The molecule has 0 bridgehead atoms. The van der Waals surface area contributed by atoms with Gasteiger partial charge in [0.25, 0.3) is 5.89 Å². The summed E-state index contributed by atoms with van der Waals surface area (Å²) in [5, 5.41) is 24.4. The summed E-state index contributed by atoms with van der Waals surface area (Å²) in [6.07, 6.45) is 0. The number of halogens is 1. The smallest absolute Gasteiger partial charge is 0.257 e. The first-order valence-electron chi connectivity index (χ1n) is 8.69. The lowest BCUT2D eigenvalue weighted by molar-refractivity contribution is 0.111. The molecule has 2 heterocycles. The molecule has 9 nitrogen and oxygen atoms in total. The Morgan fingerprint density at radius 2 is 1.93 bits per heavy atom. The molecule has 4 rings (SSSR count). The monoisotopic (exact) mass is 409 g/mol. The van der Waals surface area contributed by atoms with E-state index in [1.165, 1.54) is 4.68 Å². The summed E-state index contributed by atoms with van der Waals surface area (Å²) in [4.78, 5) is 5.47. The van der Waals surface area contributed by atoms with Gasteiger partial charge >= 0.3 is 0 Å². The van der Waals surface area contributed by atoms with Crippen molar-refractivity contribution in [3.8, 4) is 11.5 Å². The third kappa shape index (κ3) is 3.99. The molecule has 0 aliphatic carbocycles. The molecule has 0 aliphatic rings. The normalized spacial score (nSPS) is 11.6. The minimum atomic E-state index is -0.00573. The number of benzene rings is 2. The summed E-state index contributed by atoms with van der Waals surface area (Å²) >= 11 is 6.16. The van der Waals surface area contributed by atoms with E-state index in [1.54, 1.807) is 7.05 Å². The molecule has 0 N–H and O–H groups in total. The van der Waals surface area contributed by atoms with Crippen LogP contribution in [-0.2, 0) is 18.5 Å². The van der Waals surface area contributed by atoms with E-state index in [4.69, 9.17) is 20.9 Å². The third-order valence-electron chi connectivity index (χ3n) is 4.19. The lowest BCUT2D eigenvalue weighted by Crippen LogP contribution is -2.12. The first-order chi connectivity index (χ1) is 14.1. The largest absolute Gasteiger partial charge is 0.417 e. The summed E-state index contributed by atoms with van der Waals surface area (Å²) in [5.41, 5.74) is 2.94. The van der Waals surface area contributed by atoms with Crippen molar-refractivity contribution in [2.45, 2.75) is 13.5 Å². The van der Waals surface area contributed by atoms with Crippen molar-refractivity contribution in [3.63, 3.8) is 0 Å². The van der Waals surface area contributed by atoms with Gasteiger partial charge in [0.15, 0.2) is 12.3 Å². The minimum absolute atomic E-state index is 0.00573. The Hall–Kier alpha value is -3.59. The summed E-state index contributed by atoms with van der Waals surface area (Å²) < 4.78 is 7.20. The molecule has 0 fully saturated rings. The number of aromatic nitrogens is 6. The molecule has 0 atom stereocenters. The summed E-state index contributed by atoms with van der Waals surface area (Å²) in [6.45, 7) is 1.89. The quantitative estimate of drug-likeness (QED) is 0.355. The molecule has 0 saturated carbocycles. The first-order valence-corrected chi connectivity index (χ1v) is 9.07. The van der Waals surface area contributed by atoms with Gasteiger partial charge in [0.05, 0.1) is 0 Å². The Labute approximate surface area is 171 Å². The first kappa shape index (κ1) is 18.8. The number of aryl methyl sites for hydroxylation is 1. The lowest BCUT2D eigenvalue weighted by Gasteiger charge is -2.04. The second kappa shape index (κ2) is 8.19. The van der Waals surface area contributed by atoms with Crippen LogP contribution in [0.5, 0.6) is 0 Å². The molecule has 0 spiro atoms. The standard InChI is InChI=1S/C19H16ClN7O2/c1-12-14(9-6-10-15(12)20)19-23-21-16(29-19)11-28-24-17(13-7-4-3-5-8-13)18-22-25-26-27(18)2/h3-10H,11H2,1-2H3/b24-17-. The van der Waals surface area contributed by atoms with Gasteiger partial charge in [-0.3, -0.25) is 0 Å². The highest BCUT2D eigenvalue weighted by Crippen LogP contribution is 2.27. The van der Waals surface area contributed by atoms with Crippen molar-refractivity contribution in [2.75, 3.05) is 0 Å². The number of oxime groups is 1. The maximum atomic E-state index is 6.16. The second-order valence-electron chi connectivity index (χ2n) is 6.12. The van der Waals surface area contributed by atoms with E-state index in [0.29, 0.717) is 22.4 Å². The van der Waals surface area contributed by atoms with Crippen LogP contribution >= 0.6 is 11.6 Å². The average molecular weight is 410 g/mol. The van der Waals surface area contributed by atoms with Gasteiger partial charge < -0.3 is 9.25 Å². The van der Waals surface area contributed by atoms with Gasteiger partial charge in [-0.25, -0.2) is 4.68 Å². The van der Waals surface area contributed by atoms with Crippen molar-refractivity contribution in [3.05, 3.63) is 76.4 Å². The summed E-state index contributed by atoms with van der Waals surface area (Å²) in [5.74, 6) is 1.12. The molecular formula is C19H16ClN7O2. The lowest BCUT2D eigenvalue weighted by atomic mass is 10.1. The topological polar surface area (TPSA) is 104 Å². The third-order valence-corrected chi connectivity index (χ3v) is 4.60. The molecule has 29 heavy (non-hydrogen) atoms. The van der Waals surface area contributed by atoms with E-state index in [0.717, 1.165) is 16.7 Å². The van der Waals surface area contributed by atoms with Crippen LogP contribution in [0.15, 0.2) is 58.1 Å².